The maximum absolute atomic E-state index is 12.9. The second kappa shape index (κ2) is 13.1. The van der Waals surface area contributed by atoms with Crippen LogP contribution >= 0.6 is 11.6 Å². The number of para-hydroxylation sites is 1. The van der Waals surface area contributed by atoms with Crippen LogP contribution in [0.1, 0.15) is 56.5 Å². The summed E-state index contributed by atoms with van der Waals surface area (Å²) in [5.74, 6) is 0.757. The number of sulfone groups is 1. The third kappa shape index (κ3) is 7.27. The molecule has 0 atom stereocenters. The zero-order valence-electron chi connectivity index (χ0n) is 24.0. The number of aromatic nitrogens is 2. The number of hydrogen-bond acceptors (Lipinski definition) is 9. The van der Waals surface area contributed by atoms with Gasteiger partial charge in [-0.2, -0.15) is 4.98 Å². The lowest BCUT2D eigenvalue weighted by molar-refractivity contribution is 0.0961. The molecular formula is C29H37ClN6O4S. The second-order valence-corrected chi connectivity index (χ2v) is 13.3. The van der Waals surface area contributed by atoms with Gasteiger partial charge in [-0.15, -0.1) is 0 Å². The Morgan fingerprint density at radius 1 is 1.07 bits per heavy atom. The molecule has 2 aromatic carbocycles. The lowest BCUT2D eigenvalue weighted by atomic mass is 10.0. The number of hydrogen-bond donors (Lipinski definition) is 3. The van der Waals surface area contributed by atoms with Gasteiger partial charge in [-0.25, -0.2) is 13.4 Å². The molecule has 0 aliphatic carbocycles. The van der Waals surface area contributed by atoms with Gasteiger partial charge in [0.25, 0.3) is 5.91 Å². The molecule has 2 heterocycles. The van der Waals surface area contributed by atoms with Crippen molar-refractivity contribution in [3.05, 3.63) is 58.7 Å². The number of nitrogens with one attached hydrogen (secondary N) is 3. The number of halogens is 1. The van der Waals surface area contributed by atoms with Crippen molar-refractivity contribution in [3.63, 3.8) is 0 Å². The highest BCUT2D eigenvalue weighted by Gasteiger charge is 2.24. The van der Waals surface area contributed by atoms with E-state index in [1.54, 1.807) is 51.2 Å². The molecule has 220 valence electrons. The Kier molecular flexibility index (Phi) is 9.72. The van der Waals surface area contributed by atoms with Crippen LogP contribution in [0.15, 0.2) is 47.5 Å². The lowest BCUT2D eigenvalue weighted by Gasteiger charge is -2.22. The Morgan fingerprint density at radius 2 is 1.78 bits per heavy atom. The zero-order valence-corrected chi connectivity index (χ0v) is 25.6. The zero-order chi connectivity index (χ0) is 29.7. The van der Waals surface area contributed by atoms with Crippen molar-refractivity contribution in [2.45, 2.75) is 63.3 Å². The minimum atomic E-state index is -3.57. The standard InChI is InChI=1S/C29H37ClN6O4S/c1-18(2)40-25-14-20(17-36-12-8-9-13-36)21(28(37)31-5)15-24(25)34-29-32-16-22(30)27(35-29)33-23-10-6-7-11-26(23)41(38,39)19(3)4/h6-7,10-11,14-16,18-19H,8-9,12-13,17H2,1-5H3,(H,31,37)(H2,32,33,34,35). The smallest absolute Gasteiger partial charge is 0.251 e. The Hall–Kier alpha value is -3.41. The minimum Gasteiger partial charge on any atom is -0.489 e. The van der Waals surface area contributed by atoms with Crippen molar-refractivity contribution in [2.24, 2.45) is 0 Å². The number of rotatable bonds is 11. The van der Waals surface area contributed by atoms with E-state index in [-0.39, 0.29) is 33.7 Å². The van der Waals surface area contributed by atoms with Gasteiger partial charge in [-0.1, -0.05) is 23.7 Å². The van der Waals surface area contributed by atoms with Gasteiger partial charge in [0.05, 0.1) is 33.8 Å². The summed E-state index contributed by atoms with van der Waals surface area (Å²) >= 11 is 6.42. The molecule has 0 saturated carbocycles. The number of anilines is 4. The number of nitrogens with zero attached hydrogens (tertiary/aromatic N) is 3. The van der Waals surface area contributed by atoms with Crippen LogP contribution in [-0.2, 0) is 16.4 Å². The number of amides is 1. The highest BCUT2D eigenvalue weighted by atomic mass is 35.5. The Morgan fingerprint density at radius 3 is 2.44 bits per heavy atom. The van der Waals surface area contributed by atoms with Crippen molar-refractivity contribution in [2.75, 3.05) is 30.8 Å². The van der Waals surface area contributed by atoms with Gasteiger partial charge in [0.2, 0.25) is 5.95 Å². The maximum atomic E-state index is 12.9. The van der Waals surface area contributed by atoms with E-state index >= 15 is 0 Å². The number of carbonyl (C=O) groups is 1. The van der Waals surface area contributed by atoms with Gasteiger partial charge in [-0.3, -0.25) is 9.69 Å². The van der Waals surface area contributed by atoms with E-state index in [4.69, 9.17) is 16.3 Å². The van der Waals surface area contributed by atoms with Crippen LogP contribution in [-0.4, -0.2) is 60.7 Å². The molecule has 41 heavy (non-hydrogen) atoms. The molecule has 1 fully saturated rings. The fourth-order valence-corrected chi connectivity index (χ4v) is 5.90. The molecule has 3 N–H and O–H groups in total. The first kappa shape index (κ1) is 30.5. The first-order valence-corrected chi connectivity index (χ1v) is 15.6. The number of benzene rings is 2. The highest BCUT2D eigenvalue weighted by molar-refractivity contribution is 7.92. The van der Waals surface area contributed by atoms with Crippen LogP contribution in [0, 0.1) is 0 Å². The van der Waals surface area contributed by atoms with Crippen molar-refractivity contribution in [1.82, 2.24) is 20.2 Å². The monoisotopic (exact) mass is 600 g/mol. The molecule has 1 amide bonds. The van der Waals surface area contributed by atoms with Crippen LogP contribution in [0.5, 0.6) is 5.75 Å². The maximum Gasteiger partial charge on any atom is 0.251 e. The summed E-state index contributed by atoms with van der Waals surface area (Å²) in [5, 5.41) is 8.57. The third-order valence-corrected chi connectivity index (χ3v) is 9.18. The SMILES string of the molecule is CNC(=O)c1cc(Nc2ncc(Cl)c(Nc3ccccc3S(=O)(=O)C(C)C)n2)c(OC(C)C)cc1CN1CCCC1. The van der Waals surface area contributed by atoms with E-state index < -0.39 is 15.1 Å². The van der Waals surface area contributed by atoms with Gasteiger partial charge in [-0.05, 0) is 83.5 Å². The van der Waals surface area contributed by atoms with Gasteiger partial charge in [0.15, 0.2) is 15.7 Å². The number of carbonyl (C=O) groups excluding carboxylic acids is 1. The van der Waals surface area contributed by atoms with Crippen LogP contribution < -0.4 is 20.7 Å². The molecule has 12 heteroatoms. The summed E-state index contributed by atoms with van der Waals surface area (Å²) in [4.78, 5) is 24.2. The minimum absolute atomic E-state index is 0.121. The average Bonchev–Trinajstić information content (AvgIpc) is 3.44. The van der Waals surface area contributed by atoms with E-state index in [1.165, 1.54) is 6.20 Å². The Bertz CT molecular complexity index is 1510. The van der Waals surface area contributed by atoms with Crippen molar-refractivity contribution < 1.29 is 17.9 Å². The quantitative estimate of drug-likeness (QED) is 0.260. The van der Waals surface area contributed by atoms with E-state index in [2.05, 4.69) is 30.8 Å². The normalized spacial score (nSPS) is 14.0. The highest BCUT2D eigenvalue weighted by Crippen LogP contribution is 2.34. The van der Waals surface area contributed by atoms with Crippen LogP contribution in [0.25, 0.3) is 0 Å². The Labute approximate surface area is 246 Å². The fraction of sp³-hybridized carbons (Fsp3) is 0.414. The lowest BCUT2D eigenvalue weighted by Crippen LogP contribution is -2.24. The number of ether oxygens (including phenoxy) is 1. The summed E-state index contributed by atoms with van der Waals surface area (Å²) in [6.45, 7) is 9.74. The van der Waals surface area contributed by atoms with Crippen LogP contribution in [0.3, 0.4) is 0 Å². The molecule has 0 bridgehead atoms. The molecule has 1 saturated heterocycles. The molecule has 0 spiro atoms. The van der Waals surface area contributed by atoms with E-state index in [0.29, 0.717) is 29.2 Å². The summed E-state index contributed by atoms with van der Waals surface area (Å²) in [6.07, 6.45) is 3.58. The van der Waals surface area contributed by atoms with Gasteiger partial charge in [0, 0.05) is 19.2 Å². The summed E-state index contributed by atoms with van der Waals surface area (Å²) in [5.41, 5.74) is 2.26. The van der Waals surface area contributed by atoms with Gasteiger partial charge in [0.1, 0.15) is 10.8 Å². The molecule has 1 aliphatic rings. The molecule has 0 unspecified atom stereocenters. The van der Waals surface area contributed by atoms with Crippen LogP contribution in [0.2, 0.25) is 5.02 Å². The van der Waals surface area contributed by atoms with E-state index in [0.717, 1.165) is 31.5 Å². The van der Waals surface area contributed by atoms with Crippen molar-refractivity contribution >= 4 is 50.5 Å². The predicted octanol–water partition coefficient (Wildman–Crippen LogP) is 5.54. The molecule has 10 nitrogen and oxygen atoms in total. The molecule has 3 aromatic rings. The topological polar surface area (TPSA) is 126 Å². The van der Waals surface area contributed by atoms with E-state index in [1.807, 2.05) is 19.9 Å². The largest absolute Gasteiger partial charge is 0.489 e. The average molecular weight is 601 g/mol. The number of likely N-dealkylation sites (tertiary alicyclic amines) is 1. The van der Waals surface area contributed by atoms with Crippen molar-refractivity contribution in [1.29, 1.82) is 0 Å². The summed E-state index contributed by atoms with van der Waals surface area (Å²) < 4.78 is 32.0. The molecule has 1 aromatic heterocycles. The second-order valence-electron chi connectivity index (χ2n) is 10.5. The molecule has 4 rings (SSSR count). The van der Waals surface area contributed by atoms with Gasteiger partial charge >= 0.3 is 0 Å². The predicted molar refractivity (Wildman–Crippen MR) is 162 cm³/mol. The molecular weight excluding hydrogens is 564 g/mol. The third-order valence-electron chi connectivity index (χ3n) is 6.69. The summed E-state index contributed by atoms with van der Waals surface area (Å²) in [6, 6.07) is 10.2. The first-order chi connectivity index (χ1) is 19.5. The fourth-order valence-electron chi connectivity index (χ4n) is 4.56. The molecule has 1 aliphatic heterocycles. The van der Waals surface area contributed by atoms with Crippen molar-refractivity contribution in [3.8, 4) is 5.75 Å². The van der Waals surface area contributed by atoms with Gasteiger partial charge < -0.3 is 20.7 Å². The first-order valence-electron chi connectivity index (χ1n) is 13.7. The Balaban J connectivity index is 1.71. The van der Waals surface area contributed by atoms with E-state index in [9.17, 15) is 13.2 Å². The molecule has 0 radical (unpaired) electrons. The summed E-state index contributed by atoms with van der Waals surface area (Å²) in [7, 11) is -1.96. The van der Waals surface area contributed by atoms with Crippen LogP contribution in [0.4, 0.5) is 23.1 Å².